The normalized spacial score (nSPS) is 13.8. The molecule has 42 heavy (non-hydrogen) atoms. The average molecular weight is 617 g/mol. The molecule has 1 heterocycles. The molecule has 1 aliphatic rings. The SMILES string of the molecule is CC1=C(C(=O)Nc2ccccc2Cl)C(c2ccc(Cl)cc2)C(C(=O)Nc2ccccc2Cl)=C(C)N1Cc1ccccc1. The summed E-state index contributed by atoms with van der Waals surface area (Å²) in [5.41, 5.74) is 4.99. The number of carbonyl (C=O) groups excluding carboxylic acids is 2. The molecule has 0 radical (unpaired) electrons. The molecule has 0 fully saturated rings. The lowest BCUT2D eigenvalue weighted by Crippen LogP contribution is -2.37. The number of halogens is 3. The topological polar surface area (TPSA) is 61.4 Å². The van der Waals surface area contributed by atoms with Gasteiger partial charge in [0, 0.05) is 40.0 Å². The lowest BCUT2D eigenvalue weighted by molar-refractivity contribution is -0.113. The molecule has 8 heteroatoms. The molecule has 0 aliphatic carbocycles. The first kappa shape index (κ1) is 29.5. The average Bonchev–Trinajstić information content (AvgIpc) is 2.98. The Balaban J connectivity index is 1.68. The van der Waals surface area contributed by atoms with Gasteiger partial charge in [-0.05, 0) is 61.4 Å². The first-order valence-corrected chi connectivity index (χ1v) is 14.5. The van der Waals surface area contributed by atoms with E-state index in [-0.39, 0.29) is 11.8 Å². The minimum Gasteiger partial charge on any atom is -0.344 e. The second-order valence-electron chi connectivity index (χ2n) is 9.92. The second kappa shape index (κ2) is 12.9. The molecule has 212 valence electrons. The van der Waals surface area contributed by atoms with Crippen LogP contribution in [0.3, 0.4) is 0 Å². The number of rotatable bonds is 7. The van der Waals surface area contributed by atoms with Crippen molar-refractivity contribution in [2.75, 3.05) is 10.6 Å². The molecule has 1 aliphatic heterocycles. The summed E-state index contributed by atoms with van der Waals surface area (Å²) in [6, 6.07) is 31.2. The highest BCUT2D eigenvalue weighted by Gasteiger charge is 2.39. The van der Waals surface area contributed by atoms with Gasteiger partial charge in [-0.15, -0.1) is 0 Å². The molecule has 4 aromatic carbocycles. The van der Waals surface area contributed by atoms with Gasteiger partial charge < -0.3 is 15.5 Å². The maximum absolute atomic E-state index is 14.2. The summed E-state index contributed by atoms with van der Waals surface area (Å²) in [6.45, 7) is 4.26. The van der Waals surface area contributed by atoms with Crippen molar-refractivity contribution in [2.24, 2.45) is 0 Å². The predicted octanol–water partition coefficient (Wildman–Crippen LogP) is 9.07. The zero-order chi connectivity index (χ0) is 29.8. The minimum atomic E-state index is -0.709. The Labute approximate surface area is 260 Å². The fourth-order valence-electron chi connectivity index (χ4n) is 5.19. The van der Waals surface area contributed by atoms with Crippen molar-refractivity contribution in [3.63, 3.8) is 0 Å². The van der Waals surface area contributed by atoms with Gasteiger partial charge in [0.25, 0.3) is 11.8 Å². The first-order chi connectivity index (χ1) is 20.2. The summed E-state index contributed by atoms with van der Waals surface area (Å²) in [4.78, 5) is 30.4. The van der Waals surface area contributed by atoms with Crippen molar-refractivity contribution in [2.45, 2.75) is 26.3 Å². The summed E-state index contributed by atoms with van der Waals surface area (Å²) >= 11 is 19.1. The van der Waals surface area contributed by atoms with Crippen molar-refractivity contribution < 1.29 is 9.59 Å². The van der Waals surface area contributed by atoms with Gasteiger partial charge in [0.2, 0.25) is 0 Å². The first-order valence-electron chi connectivity index (χ1n) is 13.3. The third kappa shape index (κ3) is 6.24. The molecule has 5 nitrogen and oxygen atoms in total. The van der Waals surface area contributed by atoms with Crippen LogP contribution in [0.2, 0.25) is 15.1 Å². The third-order valence-electron chi connectivity index (χ3n) is 7.29. The van der Waals surface area contributed by atoms with Crippen LogP contribution in [0.4, 0.5) is 11.4 Å². The molecule has 0 spiro atoms. The smallest absolute Gasteiger partial charge is 0.254 e. The highest BCUT2D eigenvalue weighted by molar-refractivity contribution is 6.34. The number of anilines is 2. The van der Waals surface area contributed by atoms with E-state index in [1.807, 2.05) is 61.2 Å². The van der Waals surface area contributed by atoms with E-state index in [1.165, 1.54) is 0 Å². The monoisotopic (exact) mass is 615 g/mol. The number of para-hydroxylation sites is 2. The molecule has 0 saturated heterocycles. The Bertz CT molecular complexity index is 1620. The number of hydrogen-bond acceptors (Lipinski definition) is 3. The Kier molecular flexibility index (Phi) is 9.03. The van der Waals surface area contributed by atoms with E-state index >= 15 is 0 Å². The Morgan fingerprint density at radius 2 is 1.10 bits per heavy atom. The maximum atomic E-state index is 14.2. The highest BCUT2D eigenvalue weighted by atomic mass is 35.5. The van der Waals surface area contributed by atoms with E-state index in [2.05, 4.69) is 10.6 Å². The van der Waals surface area contributed by atoms with Crippen molar-refractivity contribution in [1.82, 2.24) is 4.90 Å². The Hall–Kier alpha value is -4.03. The molecule has 0 atom stereocenters. The molecule has 2 N–H and O–H groups in total. The molecular formula is C34H28Cl3N3O2. The van der Waals surface area contributed by atoms with E-state index in [4.69, 9.17) is 34.8 Å². The van der Waals surface area contributed by atoms with Crippen LogP contribution in [-0.2, 0) is 16.1 Å². The van der Waals surface area contributed by atoms with Gasteiger partial charge in [-0.1, -0.05) is 102 Å². The lowest BCUT2D eigenvalue weighted by atomic mass is 9.78. The van der Waals surface area contributed by atoms with Crippen LogP contribution in [0.15, 0.2) is 126 Å². The summed E-state index contributed by atoms with van der Waals surface area (Å²) in [7, 11) is 0. The Morgan fingerprint density at radius 3 is 1.57 bits per heavy atom. The maximum Gasteiger partial charge on any atom is 0.254 e. The summed E-state index contributed by atoms with van der Waals surface area (Å²) in [6.07, 6.45) is 0. The van der Waals surface area contributed by atoms with Crippen molar-refractivity contribution in [3.05, 3.63) is 152 Å². The number of carbonyl (C=O) groups is 2. The van der Waals surface area contributed by atoms with Crippen LogP contribution in [-0.4, -0.2) is 16.7 Å². The van der Waals surface area contributed by atoms with Crippen LogP contribution >= 0.6 is 34.8 Å². The van der Waals surface area contributed by atoms with Crippen LogP contribution < -0.4 is 10.6 Å². The van der Waals surface area contributed by atoms with Gasteiger partial charge in [-0.2, -0.15) is 0 Å². The predicted molar refractivity (Wildman–Crippen MR) is 172 cm³/mol. The van der Waals surface area contributed by atoms with Gasteiger partial charge in [-0.3, -0.25) is 9.59 Å². The number of benzene rings is 4. The van der Waals surface area contributed by atoms with E-state index in [9.17, 15) is 9.59 Å². The number of nitrogens with zero attached hydrogens (tertiary/aromatic N) is 1. The van der Waals surface area contributed by atoms with E-state index in [0.29, 0.717) is 44.1 Å². The van der Waals surface area contributed by atoms with E-state index in [1.54, 1.807) is 60.7 Å². The van der Waals surface area contributed by atoms with Crippen molar-refractivity contribution >= 4 is 58.0 Å². The van der Waals surface area contributed by atoms with Crippen LogP contribution in [0.1, 0.15) is 30.9 Å². The molecule has 5 rings (SSSR count). The van der Waals surface area contributed by atoms with E-state index < -0.39 is 5.92 Å². The Morgan fingerprint density at radius 1 is 0.643 bits per heavy atom. The highest BCUT2D eigenvalue weighted by Crippen LogP contribution is 2.44. The van der Waals surface area contributed by atoms with Crippen LogP contribution in [0.25, 0.3) is 0 Å². The van der Waals surface area contributed by atoms with Gasteiger partial charge in [0.15, 0.2) is 0 Å². The molecule has 2 amide bonds. The van der Waals surface area contributed by atoms with Gasteiger partial charge >= 0.3 is 0 Å². The minimum absolute atomic E-state index is 0.367. The summed E-state index contributed by atoms with van der Waals surface area (Å²) in [5, 5.41) is 7.33. The zero-order valence-electron chi connectivity index (χ0n) is 23.0. The summed E-state index contributed by atoms with van der Waals surface area (Å²) < 4.78 is 0. The number of hydrogen-bond donors (Lipinski definition) is 2. The molecule has 0 aromatic heterocycles. The number of nitrogens with one attached hydrogen (secondary N) is 2. The zero-order valence-corrected chi connectivity index (χ0v) is 25.3. The number of amides is 2. The van der Waals surface area contributed by atoms with Crippen LogP contribution in [0.5, 0.6) is 0 Å². The second-order valence-corrected chi connectivity index (χ2v) is 11.2. The fraction of sp³-hybridized carbons (Fsp3) is 0.118. The molecule has 4 aromatic rings. The molecule has 0 bridgehead atoms. The quantitative estimate of drug-likeness (QED) is 0.218. The van der Waals surface area contributed by atoms with E-state index in [0.717, 1.165) is 22.5 Å². The largest absolute Gasteiger partial charge is 0.344 e. The van der Waals surface area contributed by atoms with Crippen molar-refractivity contribution in [3.8, 4) is 0 Å². The van der Waals surface area contributed by atoms with Gasteiger partial charge in [0.1, 0.15) is 0 Å². The third-order valence-corrected chi connectivity index (χ3v) is 8.20. The fourth-order valence-corrected chi connectivity index (χ4v) is 5.68. The lowest BCUT2D eigenvalue weighted by Gasteiger charge is -2.39. The molecule has 0 unspecified atom stereocenters. The standard InChI is InChI=1S/C34H28Cl3N3O2/c1-21-30(33(41)38-28-14-8-6-12-26(28)36)32(24-16-18-25(35)19-17-24)31(34(42)39-29-15-9-7-13-27(29)37)22(2)40(21)20-23-10-4-3-5-11-23/h3-19,32H,20H2,1-2H3,(H,38,41)(H,39,42). The van der Waals surface area contributed by atoms with Gasteiger partial charge in [0.05, 0.1) is 21.4 Å². The van der Waals surface area contributed by atoms with Crippen molar-refractivity contribution in [1.29, 1.82) is 0 Å². The molecule has 0 saturated carbocycles. The summed E-state index contributed by atoms with van der Waals surface area (Å²) in [5.74, 6) is -1.44. The number of allylic oxidation sites excluding steroid dienone is 2. The van der Waals surface area contributed by atoms with Crippen LogP contribution in [0, 0.1) is 0 Å². The molecular weight excluding hydrogens is 589 g/mol. The van der Waals surface area contributed by atoms with Gasteiger partial charge in [-0.25, -0.2) is 0 Å².